The van der Waals surface area contributed by atoms with Crippen molar-refractivity contribution in [2.75, 3.05) is 32.1 Å². The summed E-state index contributed by atoms with van der Waals surface area (Å²) in [5.74, 6) is 1.64. The van der Waals surface area contributed by atoms with Gasteiger partial charge in [0.05, 0.1) is 5.69 Å². The van der Waals surface area contributed by atoms with Gasteiger partial charge in [0.15, 0.2) is 0 Å². The zero-order chi connectivity index (χ0) is 15.5. The second kappa shape index (κ2) is 6.48. The quantitative estimate of drug-likeness (QED) is 0.868. The molecule has 1 aliphatic heterocycles. The molecule has 2 aromatic rings. The topological polar surface area (TPSA) is 37.2 Å². The first kappa shape index (κ1) is 15.0. The van der Waals surface area contributed by atoms with Gasteiger partial charge in [0.1, 0.15) is 5.82 Å². The SMILES string of the molecule is CN(C)c1cc([C@@H]2CCCN(Cc3ccn(C)n3)C2)ccn1. The maximum atomic E-state index is 4.50. The van der Waals surface area contributed by atoms with Crippen molar-refractivity contribution in [3.63, 3.8) is 0 Å². The van der Waals surface area contributed by atoms with Crippen LogP contribution < -0.4 is 4.90 Å². The maximum Gasteiger partial charge on any atom is 0.128 e. The van der Waals surface area contributed by atoms with Gasteiger partial charge in [0, 0.05) is 46.6 Å². The molecule has 0 unspecified atom stereocenters. The van der Waals surface area contributed by atoms with Crippen molar-refractivity contribution < 1.29 is 0 Å². The summed E-state index contributed by atoms with van der Waals surface area (Å²) >= 11 is 0. The molecule has 0 radical (unpaired) electrons. The van der Waals surface area contributed by atoms with Crippen molar-refractivity contribution in [1.82, 2.24) is 19.7 Å². The first-order valence-corrected chi connectivity index (χ1v) is 7.96. The molecule has 2 aromatic heterocycles. The predicted molar refractivity (Wildman–Crippen MR) is 89.0 cm³/mol. The normalized spacial score (nSPS) is 19.3. The Labute approximate surface area is 132 Å². The van der Waals surface area contributed by atoms with E-state index in [2.05, 4.69) is 38.1 Å². The van der Waals surface area contributed by atoms with E-state index < -0.39 is 0 Å². The number of aryl methyl sites for hydroxylation is 1. The van der Waals surface area contributed by atoms with Crippen LogP contribution in [0.15, 0.2) is 30.6 Å². The van der Waals surface area contributed by atoms with Gasteiger partial charge < -0.3 is 4.90 Å². The molecule has 0 N–H and O–H groups in total. The van der Waals surface area contributed by atoms with Crippen LogP contribution in [0.2, 0.25) is 0 Å². The summed E-state index contributed by atoms with van der Waals surface area (Å²) < 4.78 is 1.88. The predicted octanol–water partition coefficient (Wildman–Crippen LogP) is 2.26. The van der Waals surface area contributed by atoms with E-state index in [1.165, 1.54) is 24.9 Å². The highest BCUT2D eigenvalue weighted by Gasteiger charge is 2.22. The Morgan fingerprint density at radius 2 is 2.18 bits per heavy atom. The van der Waals surface area contributed by atoms with Crippen LogP contribution in [0.25, 0.3) is 0 Å². The number of hydrogen-bond acceptors (Lipinski definition) is 4. The molecule has 3 heterocycles. The van der Waals surface area contributed by atoms with Crippen LogP contribution in [0, 0.1) is 0 Å². The Kier molecular flexibility index (Phi) is 4.43. The Balaban J connectivity index is 1.68. The van der Waals surface area contributed by atoms with Crippen molar-refractivity contribution in [1.29, 1.82) is 0 Å². The molecule has 0 aliphatic carbocycles. The van der Waals surface area contributed by atoms with Crippen LogP contribution in [-0.2, 0) is 13.6 Å². The lowest BCUT2D eigenvalue weighted by atomic mass is 9.91. The highest BCUT2D eigenvalue weighted by molar-refractivity contribution is 5.40. The first-order chi connectivity index (χ1) is 10.6. The summed E-state index contributed by atoms with van der Waals surface area (Å²) in [6.45, 7) is 3.22. The van der Waals surface area contributed by atoms with Gasteiger partial charge in [-0.3, -0.25) is 9.58 Å². The van der Waals surface area contributed by atoms with Crippen LogP contribution in [0.3, 0.4) is 0 Å². The monoisotopic (exact) mass is 299 g/mol. The Morgan fingerprint density at radius 1 is 1.32 bits per heavy atom. The van der Waals surface area contributed by atoms with Crippen molar-refractivity contribution >= 4 is 5.82 Å². The van der Waals surface area contributed by atoms with Crippen LogP contribution in [0.4, 0.5) is 5.82 Å². The third kappa shape index (κ3) is 3.47. The third-order valence-electron chi connectivity index (χ3n) is 4.36. The molecule has 5 nitrogen and oxygen atoms in total. The van der Waals surface area contributed by atoms with E-state index in [9.17, 15) is 0 Å². The minimum absolute atomic E-state index is 0.596. The minimum Gasteiger partial charge on any atom is -0.363 e. The van der Waals surface area contributed by atoms with Crippen molar-refractivity contribution in [3.8, 4) is 0 Å². The molecule has 22 heavy (non-hydrogen) atoms. The van der Waals surface area contributed by atoms with Gasteiger partial charge in [-0.2, -0.15) is 5.10 Å². The Morgan fingerprint density at radius 3 is 2.91 bits per heavy atom. The lowest BCUT2D eigenvalue weighted by molar-refractivity contribution is 0.197. The van der Waals surface area contributed by atoms with Crippen molar-refractivity contribution in [3.05, 3.63) is 41.9 Å². The van der Waals surface area contributed by atoms with E-state index in [-0.39, 0.29) is 0 Å². The summed E-state index contributed by atoms with van der Waals surface area (Å²) in [7, 11) is 6.06. The standard InChI is InChI=1S/C17H25N5/c1-20(2)17-11-14(6-8-18-17)15-5-4-9-22(12-15)13-16-7-10-21(3)19-16/h6-8,10-11,15H,4-5,9,12-13H2,1-3H3/t15-/m1/s1. The number of nitrogens with zero attached hydrogens (tertiary/aromatic N) is 5. The summed E-state index contributed by atoms with van der Waals surface area (Å²) in [5, 5.41) is 4.50. The lowest BCUT2D eigenvalue weighted by Crippen LogP contribution is -2.34. The average Bonchev–Trinajstić information content (AvgIpc) is 2.93. The van der Waals surface area contributed by atoms with E-state index in [1.54, 1.807) is 0 Å². The number of likely N-dealkylation sites (tertiary alicyclic amines) is 1. The van der Waals surface area contributed by atoms with Gasteiger partial charge in [-0.15, -0.1) is 0 Å². The fourth-order valence-electron chi connectivity index (χ4n) is 3.18. The highest BCUT2D eigenvalue weighted by atomic mass is 15.3. The largest absolute Gasteiger partial charge is 0.363 e. The first-order valence-electron chi connectivity index (χ1n) is 7.96. The Hall–Kier alpha value is -1.88. The molecular weight excluding hydrogens is 274 g/mol. The molecular formula is C17H25N5. The number of rotatable bonds is 4. The molecule has 1 atom stereocenters. The number of aromatic nitrogens is 3. The van der Waals surface area contributed by atoms with Gasteiger partial charge >= 0.3 is 0 Å². The summed E-state index contributed by atoms with van der Waals surface area (Å²) in [5.41, 5.74) is 2.57. The summed E-state index contributed by atoms with van der Waals surface area (Å²) in [4.78, 5) is 9.01. The van der Waals surface area contributed by atoms with Crippen LogP contribution in [-0.4, -0.2) is 46.8 Å². The van der Waals surface area contributed by atoms with Gasteiger partial charge in [-0.1, -0.05) is 0 Å². The molecule has 1 fully saturated rings. The molecule has 0 bridgehead atoms. The van der Waals surface area contributed by atoms with Gasteiger partial charge in [0.25, 0.3) is 0 Å². The maximum absolute atomic E-state index is 4.50. The second-order valence-corrected chi connectivity index (χ2v) is 6.40. The fraction of sp³-hybridized carbons (Fsp3) is 0.529. The van der Waals surface area contributed by atoms with E-state index in [1.807, 2.05) is 38.2 Å². The van der Waals surface area contributed by atoms with Crippen molar-refractivity contribution in [2.45, 2.75) is 25.3 Å². The molecule has 1 saturated heterocycles. The smallest absolute Gasteiger partial charge is 0.128 e. The lowest BCUT2D eigenvalue weighted by Gasteiger charge is -2.32. The number of piperidine rings is 1. The zero-order valence-corrected chi connectivity index (χ0v) is 13.7. The van der Waals surface area contributed by atoms with E-state index in [0.717, 1.165) is 24.6 Å². The van der Waals surface area contributed by atoms with Crippen LogP contribution in [0.5, 0.6) is 0 Å². The van der Waals surface area contributed by atoms with Crippen molar-refractivity contribution in [2.24, 2.45) is 7.05 Å². The van der Waals surface area contributed by atoms with E-state index in [0.29, 0.717) is 5.92 Å². The van der Waals surface area contributed by atoms with Gasteiger partial charge in [-0.05, 0) is 49.1 Å². The van der Waals surface area contributed by atoms with Gasteiger partial charge in [0.2, 0.25) is 0 Å². The summed E-state index contributed by atoms with van der Waals surface area (Å²) in [6, 6.07) is 6.51. The van der Waals surface area contributed by atoms with E-state index >= 15 is 0 Å². The second-order valence-electron chi connectivity index (χ2n) is 6.40. The van der Waals surface area contributed by atoms with Crippen LogP contribution >= 0.6 is 0 Å². The Bertz CT molecular complexity index is 619. The third-order valence-corrected chi connectivity index (χ3v) is 4.36. The fourth-order valence-corrected chi connectivity index (χ4v) is 3.18. The number of anilines is 1. The minimum atomic E-state index is 0.596. The molecule has 0 amide bonds. The average molecular weight is 299 g/mol. The number of pyridine rings is 1. The molecule has 0 spiro atoms. The molecule has 0 saturated carbocycles. The molecule has 0 aromatic carbocycles. The van der Waals surface area contributed by atoms with Gasteiger partial charge in [-0.25, -0.2) is 4.98 Å². The summed E-state index contributed by atoms with van der Waals surface area (Å²) in [6.07, 6.45) is 6.46. The van der Waals surface area contributed by atoms with E-state index in [4.69, 9.17) is 0 Å². The molecule has 1 aliphatic rings. The number of hydrogen-bond donors (Lipinski definition) is 0. The van der Waals surface area contributed by atoms with Crippen LogP contribution in [0.1, 0.15) is 30.0 Å². The zero-order valence-electron chi connectivity index (χ0n) is 13.7. The molecule has 3 rings (SSSR count). The highest BCUT2D eigenvalue weighted by Crippen LogP contribution is 2.28. The molecule has 118 valence electrons. The molecule has 5 heteroatoms.